The van der Waals surface area contributed by atoms with E-state index < -0.39 is 0 Å². The van der Waals surface area contributed by atoms with Gasteiger partial charge in [-0.1, -0.05) is 6.07 Å². The molecule has 1 atom stereocenters. The molecule has 3 heterocycles. The number of aryl methyl sites for hydroxylation is 1. The van der Waals surface area contributed by atoms with Crippen LogP contribution < -0.4 is 10.6 Å². The van der Waals surface area contributed by atoms with E-state index in [4.69, 9.17) is 0 Å². The Morgan fingerprint density at radius 3 is 3.21 bits per heavy atom. The van der Waals surface area contributed by atoms with Gasteiger partial charge in [0.05, 0.1) is 0 Å². The molecular weight excluding hydrogens is 238 g/mol. The number of aromatic nitrogens is 3. The van der Waals surface area contributed by atoms with Crippen LogP contribution in [0, 0.1) is 12.8 Å². The average molecular weight is 259 g/mol. The van der Waals surface area contributed by atoms with Crippen molar-refractivity contribution >= 4 is 11.6 Å². The van der Waals surface area contributed by atoms with Crippen LogP contribution in [0.3, 0.4) is 0 Å². The lowest BCUT2D eigenvalue weighted by atomic mass is 9.96. The molecule has 2 aromatic heterocycles. The number of rotatable bonds is 4. The number of anilines is 1. The first-order chi connectivity index (χ1) is 9.33. The van der Waals surface area contributed by atoms with Crippen molar-refractivity contribution in [2.45, 2.75) is 26.2 Å². The summed E-state index contributed by atoms with van der Waals surface area (Å²) >= 11 is 0. The van der Waals surface area contributed by atoms with Gasteiger partial charge in [0, 0.05) is 12.2 Å². The number of fused-ring (bicyclic) bond motifs is 1. The third-order valence-corrected chi connectivity index (χ3v) is 3.78. The van der Waals surface area contributed by atoms with Crippen molar-refractivity contribution in [2.75, 3.05) is 25.0 Å². The molecule has 102 valence electrons. The molecule has 1 unspecified atom stereocenters. The summed E-state index contributed by atoms with van der Waals surface area (Å²) in [6, 6.07) is 6.03. The van der Waals surface area contributed by atoms with E-state index in [0.29, 0.717) is 0 Å². The normalized spacial score (nSPS) is 19.7. The zero-order chi connectivity index (χ0) is 13.1. The summed E-state index contributed by atoms with van der Waals surface area (Å²) in [5, 5.41) is 11.3. The fraction of sp³-hybridized carbons (Fsp3) is 0.571. The third-order valence-electron chi connectivity index (χ3n) is 3.78. The lowest BCUT2D eigenvalue weighted by molar-refractivity contribution is 0.364. The highest BCUT2D eigenvalue weighted by Gasteiger charge is 2.12. The Kier molecular flexibility index (Phi) is 3.64. The Balaban J connectivity index is 1.57. The van der Waals surface area contributed by atoms with E-state index in [9.17, 15) is 0 Å². The Hall–Kier alpha value is -1.62. The Labute approximate surface area is 113 Å². The maximum atomic E-state index is 4.48. The van der Waals surface area contributed by atoms with Gasteiger partial charge in [0.15, 0.2) is 5.65 Å². The molecule has 1 aliphatic rings. The Bertz CT molecular complexity index is 542. The quantitative estimate of drug-likeness (QED) is 0.879. The van der Waals surface area contributed by atoms with Gasteiger partial charge >= 0.3 is 0 Å². The molecule has 5 heteroatoms. The van der Waals surface area contributed by atoms with Gasteiger partial charge < -0.3 is 10.6 Å². The summed E-state index contributed by atoms with van der Waals surface area (Å²) in [6.45, 7) is 5.32. The van der Waals surface area contributed by atoms with E-state index in [2.05, 4.69) is 20.7 Å². The van der Waals surface area contributed by atoms with Gasteiger partial charge in [-0.25, -0.2) is 4.52 Å². The molecule has 0 aromatic carbocycles. The maximum absolute atomic E-state index is 4.48. The SMILES string of the molecule is Cc1cccc2nc(NCCC3CCCNC3)nn12. The molecular formula is C14H21N5. The second-order valence-electron chi connectivity index (χ2n) is 5.30. The topological polar surface area (TPSA) is 54.2 Å². The van der Waals surface area contributed by atoms with E-state index in [0.717, 1.165) is 36.3 Å². The first-order valence-electron chi connectivity index (χ1n) is 7.10. The fourth-order valence-electron chi connectivity index (χ4n) is 2.67. The zero-order valence-electron chi connectivity index (χ0n) is 11.4. The molecule has 0 spiro atoms. The molecule has 1 saturated heterocycles. The molecule has 2 aromatic rings. The number of nitrogens with one attached hydrogen (secondary N) is 2. The van der Waals surface area contributed by atoms with E-state index in [1.54, 1.807) is 0 Å². The van der Waals surface area contributed by atoms with Crippen LogP contribution in [0.1, 0.15) is 25.0 Å². The van der Waals surface area contributed by atoms with Crippen molar-refractivity contribution in [3.05, 3.63) is 23.9 Å². The lowest BCUT2D eigenvalue weighted by Gasteiger charge is -2.22. The smallest absolute Gasteiger partial charge is 0.243 e. The molecule has 2 N–H and O–H groups in total. The molecule has 1 fully saturated rings. The minimum atomic E-state index is 0.734. The fourth-order valence-corrected chi connectivity index (χ4v) is 2.67. The van der Waals surface area contributed by atoms with Crippen molar-refractivity contribution in [1.29, 1.82) is 0 Å². The summed E-state index contributed by atoms with van der Waals surface area (Å²) in [4.78, 5) is 4.48. The molecule has 0 aliphatic carbocycles. The van der Waals surface area contributed by atoms with Crippen molar-refractivity contribution in [1.82, 2.24) is 19.9 Å². The van der Waals surface area contributed by atoms with Crippen LogP contribution in [0.4, 0.5) is 5.95 Å². The minimum Gasteiger partial charge on any atom is -0.353 e. The van der Waals surface area contributed by atoms with Gasteiger partial charge in [-0.3, -0.25) is 0 Å². The molecule has 3 rings (SSSR count). The average Bonchev–Trinajstić information content (AvgIpc) is 2.84. The van der Waals surface area contributed by atoms with Crippen LogP contribution in [-0.4, -0.2) is 34.2 Å². The number of hydrogen-bond acceptors (Lipinski definition) is 4. The van der Waals surface area contributed by atoms with Gasteiger partial charge in [-0.05, 0) is 57.3 Å². The molecule has 0 radical (unpaired) electrons. The summed E-state index contributed by atoms with van der Waals surface area (Å²) in [5.41, 5.74) is 2.01. The molecule has 0 saturated carbocycles. The van der Waals surface area contributed by atoms with E-state index >= 15 is 0 Å². The largest absolute Gasteiger partial charge is 0.353 e. The van der Waals surface area contributed by atoms with Gasteiger partial charge in [0.1, 0.15) is 0 Å². The maximum Gasteiger partial charge on any atom is 0.243 e. The first-order valence-corrected chi connectivity index (χ1v) is 7.10. The van der Waals surface area contributed by atoms with Crippen LogP contribution in [0.2, 0.25) is 0 Å². The van der Waals surface area contributed by atoms with Crippen LogP contribution in [0.25, 0.3) is 5.65 Å². The van der Waals surface area contributed by atoms with Gasteiger partial charge in [-0.2, -0.15) is 4.98 Å². The number of pyridine rings is 1. The standard InChI is InChI=1S/C14H21N5/c1-11-4-2-6-13-17-14(18-19(11)13)16-9-7-12-5-3-8-15-10-12/h2,4,6,12,15H,3,5,7-10H2,1H3,(H,16,18). The van der Waals surface area contributed by atoms with Crippen molar-refractivity contribution < 1.29 is 0 Å². The first kappa shape index (κ1) is 12.4. The number of piperidine rings is 1. The predicted molar refractivity (Wildman–Crippen MR) is 76.4 cm³/mol. The van der Waals surface area contributed by atoms with Gasteiger partial charge in [0.2, 0.25) is 5.95 Å². The lowest BCUT2D eigenvalue weighted by Crippen LogP contribution is -2.30. The predicted octanol–water partition coefficient (Wildman–Crippen LogP) is 1.84. The highest BCUT2D eigenvalue weighted by Crippen LogP contribution is 2.14. The molecule has 1 aliphatic heterocycles. The molecule has 5 nitrogen and oxygen atoms in total. The van der Waals surface area contributed by atoms with Crippen molar-refractivity contribution in [3.63, 3.8) is 0 Å². The van der Waals surface area contributed by atoms with Crippen LogP contribution in [-0.2, 0) is 0 Å². The second-order valence-corrected chi connectivity index (χ2v) is 5.30. The minimum absolute atomic E-state index is 0.734. The summed E-state index contributed by atoms with van der Waals surface area (Å²) < 4.78 is 1.88. The Morgan fingerprint density at radius 2 is 2.42 bits per heavy atom. The van der Waals surface area contributed by atoms with E-state index in [1.807, 2.05) is 29.6 Å². The third kappa shape index (κ3) is 2.87. The van der Waals surface area contributed by atoms with E-state index in [1.165, 1.54) is 25.8 Å². The molecule has 0 amide bonds. The van der Waals surface area contributed by atoms with Gasteiger partial charge in [0.25, 0.3) is 0 Å². The second kappa shape index (κ2) is 5.57. The summed E-state index contributed by atoms with van der Waals surface area (Å²) in [5.74, 6) is 1.53. The molecule has 19 heavy (non-hydrogen) atoms. The highest BCUT2D eigenvalue weighted by molar-refractivity contribution is 5.44. The van der Waals surface area contributed by atoms with Crippen molar-refractivity contribution in [2.24, 2.45) is 5.92 Å². The highest BCUT2D eigenvalue weighted by atomic mass is 15.3. The summed E-state index contributed by atoms with van der Waals surface area (Å²) in [6.07, 6.45) is 3.82. The van der Waals surface area contributed by atoms with Crippen LogP contribution >= 0.6 is 0 Å². The summed E-state index contributed by atoms with van der Waals surface area (Å²) in [7, 11) is 0. The van der Waals surface area contributed by atoms with Gasteiger partial charge in [-0.15, -0.1) is 5.10 Å². The van der Waals surface area contributed by atoms with Crippen LogP contribution in [0.5, 0.6) is 0 Å². The number of hydrogen-bond donors (Lipinski definition) is 2. The zero-order valence-corrected chi connectivity index (χ0v) is 11.4. The Morgan fingerprint density at radius 1 is 1.47 bits per heavy atom. The van der Waals surface area contributed by atoms with E-state index in [-0.39, 0.29) is 0 Å². The monoisotopic (exact) mass is 259 g/mol. The molecule has 0 bridgehead atoms. The van der Waals surface area contributed by atoms with Crippen molar-refractivity contribution in [3.8, 4) is 0 Å². The number of nitrogens with zero attached hydrogens (tertiary/aromatic N) is 3. The van der Waals surface area contributed by atoms with Crippen LogP contribution in [0.15, 0.2) is 18.2 Å².